The zero-order chi connectivity index (χ0) is 16.7. The van der Waals surface area contributed by atoms with Crippen LogP contribution in [0.5, 0.6) is 0 Å². The number of carbonyl (C=O) groups is 1. The first kappa shape index (κ1) is 15.7. The van der Waals surface area contributed by atoms with Gasteiger partial charge in [-0.25, -0.2) is 4.79 Å². The summed E-state index contributed by atoms with van der Waals surface area (Å²) in [7, 11) is 0. The first-order chi connectivity index (χ1) is 10.8. The summed E-state index contributed by atoms with van der Waals surface area (Å²) in [6.45, 7) is 7.95. The van der Waals surface area contributed by atoms with Gasteiger partial charge in [-0.2, -0.15) is 5.26 Å². The Bertz CT molecular complexity index is 662. The number of nitrogens with one attached hydrogen (secondary N) is 1. The molecular weight excluding hydrogens is 290 g/mol. The van der Waals surface area contributed by atoms with Crippen LogP contribution in [0.1, 0.15) is 44.7 Å². The van der Waals surface area contributed by atoms with Gasteiger partial charge < -0.3 is 15.0 Å². The van der Waals surface area contributed by atoms with Crippen molar-refractivity contribution < 1.29 is 9.53 Å². The Hall–Kier alpha value is -2.22. The second-order valence-electron chi connectivity index (χ2n) is 7.47. The Labute approximate surface area is 137 Å². The Morgan fingerprint density at radius 2 is 2.04 bits per heavy atom. The van der Waals surface area contributed by atoms with E-state index in [0.29, 0.717) is 18.7 Å². The molecule has 0 aliphatic carbocycles. The number of ether oxygens (including phenoxy) is 1. The van der Waals surface area contributed by atoms with Crippen molar-refractivity contribution in [3.05, 3.63) is 29.3 Å². The van der Waals surface area contributed by atoms with Crippen molar-refractivity contribution in [2.75, 3.05) is 25.0 Å². The van der Waals surface area contributed by atoms with Crippen molar-refractivity contribution in [3.8, 4) is 6.07 Å². The summed E-state index contributed by atoms with van der Waals surface area (Å²) in [5.41, 5.74) is 2.64. The smallest absolute Gasteiger partial charge is 0.410 e. The zero-order valence-electron chi connectivity index (χ0n) is 14.0. The number of likely N-dealkylation sites (tertiary alicyclic amines) is 1. The Morgan fingerprint density at radius 3 is 2.65 bits per heavy atom. The number of rotatable bonds is 0. The number of amides is 1. The van der Waals surface area contributed by atoms with Gasteiger partial charge in [0.15, 0.2) is 0 Å². The van der Waals surface area contributed by atoms with E-state index >= 15 is 0 Å². The highest BCUT2D eigenvalue weighted by atomic mass is 16.6. The number of hydrogen-bond donors (Lipinski definition) is 1. The number of hydrogen-bond acceptors (Lipinski definition) is 4. The third-order valence-corrected chi connectivity index (χ3v) is 4.71. The predicted molar refractivity (Wildman–Crippen MR) is 88.4 cm³/mol. The molecule has 1 saturated heterocycles. The quantitative estimate of drug-likeness (QED) is 0.798. The van der Waals surface area contributed by atoms with E-state index in [1.165, 1.54) is 5.56 Å². The number of piperidine rings is 1. The van der Waals surface area contributed by atoms with Gasteiger partial charge in [0, 0.05) is 30.7 Å². The van der Waals surface area contributed by atoms with E-state index in [-0.39, 0.29) is 11.5 Å². The molecule has 0 atom stereocenters. The van der Waals surface area contributed by atoms with Gasteiger partial charge in [0.25, 0.3) is 0 Å². The van der Waals surface area contributed by atoms with Crippen LogP contribution in [0.3, 0.4) is 0 Å². The first-order valence-electron chi connectivity index (χ1n) is 8.09. The second-order valence-corrected chi connectivity index (χ2v) is 7.47. The SMILES string of the molecule is CC(C)(C)OC(=O)N1CCC2(CC1)CNc1cc(C#N)ccc12. The standard InChI is InChI=1S/C18H23N3O2/c1-17(2,3)23-16(22)21-8-6-18(7-9-21)12-20-15-10-13(11-19)4-5-14(15)18/h4-5,10,20H,6-9,12H2,1-3H3. The summed E-state index contributed by atoms with van der Waals surface area (Å²) < 4.78 is 5.46. The summed E-state index contributed by atoms with van der Waals surface area (Å²) in [6.07, 6.45) is 1.61. The number of anilines is 1. The second kappa shape index (κ2) is 5.45. The molecule has 2 heterocycles. The van der Waals surface area contributed by atoms with Crippen molar-refractivity contribution in [1.29, 1.82) is 5.26 Å². The molecule has 122 valence electrons. The van der Waals surface area contributed by atoms with Crippen molar-refractivity contribution in [1.82, 2.24) is 4.90 Å². The molecule has 0 unspecified atom stereocenters. The average molecular weight is 313 g/mol. The molecule has 0 aromatic heterocycles. The van der Waals surface area contributed by atoms with E-state index in [2.05, 4.69) is 17.5 Å². The highest BCUT2D eigenvalue weighted by molar-refractivity contribution is 5.69. The van der Waals surface area contributed by atoms with Crippen LogP contribution in [0.4, 0.5) is 10.5 Å². The molecule has 1 N–H and O–H groups in total. The van der Waals surface area contributed by atoms with E-state index in [4.69, 9.17) is 10.00 Å². The molecule has 5 heteroatoms. The summed E-state index contributed by atoms with van der Waals surface area (Å²) in [5.74, 6) is 0. The van der Waals surface area contributed by atoms with E-state index in [9.17, 15) is 4.79 Å². The van der Waals surface area contributed by atoms with Crippen molar-refractivity contribution in [2.45, 2.75) is 44.6 Å². The minimum atomic E-state index is -0.457. The largest absolute Gasteiger partial charge is 0.444 e. The minimum Gasteiger partial charge on any atom is -0.444 e. The lowest BCUT2D eigenvalue weighted by atomic mass is 9.74. The van der Waals surface area contributed by atoms with E-state index < -0.39 is 5.60 Å². The lowest BCUT2D eigenvalue weighted by molar-refractivity contribution is 0.0172. The van der Waals surface area contributed by atoms with Gasteiger partial charge in [0.1, 0.15) is 5.60 Å². The lowest BCUT2D eigenvalue weighted by Gasteiger charge is -2.39. The molecule has 1 aromatic rings. The molecule has 23 heavy (non-hydrogen) atoms. The van der Waals surface area contributed by atoms with Crippen molar-refractivity contribution in [3.63, 3.8) is 0 Å². The number of fused-ring (bicyclic) bond motifs is 2. The molecular formula is C18H23N3O2. The maximum Gasteiger partial charge on any atom is 0.410 e. The van der Waals surface area contributed by atoms with E-state index in [1.54, 1.807) is 4.90 Å². The van der Waals surface area contributed by atoms with Gasteiger partial charge in [-0.05, 0) is 51.3 Å². The summed E-state index contributed by atoms with van der Waals surface area (Å²) in [6, 6.07) is 8.05. The minimum absolute atomic E-state index is 0.0713. The molecule has 5 nitrogen and oxygen atoms in total. The fraction of sp³-hybridized carbons (Fsp3) is 0.556. The van der Waals surface area contributed by atoms with E-state index in [1.807, 2.05) is 32.9 Å². The monoisotopic (exact) mass is 313 g/mol. The highest BCUT2D eigenvalue weighted by Gasteiger charge is 2.42. The number of benzene rings is 1. The summed E-state index contributed by atoms with van der Waals surface area (Å²) in [4.78, 5) is 14.0. The van der Waals surface area contributed by atoms with Crippen LogP contribution in [0.15, 0.2) is 18.2 Å². The van der Waals surface area contributed by atoms with Crippen molar-refractivity contribution in [2.24, 2.45) is 0 Å². The first-order valence-corrected chi connectivity index (χ1v) is 8.09. The molecule has 0 saturated carbocycles. The molecule has 0 bridgehead atoms. The zero-order valence-corrected chi connectivity index (χ0v) is 14.0. The van der Waals surface area contributed by atoms with Gasteiger partial charge in [-0.1, -0.05) is 6.07 Å². The Kier molecular flexibility index (Phi) is 3.71. The molecule has 1 aromatic carbocycles. The molecule has 0 radical (unpaired) electrons. The van der Waals surface area contributed by atoms with Gasteiger partial charge >= 0.3 is 6.09 Å². The summed E-state index contributed by atoms with van der Waals surface area (Å²) >= 11 is 0. The fourth-order valence-electron chi connectivity index (χ4n) is 3.47. The normalized spacial score (nSPS) is 19.0. The van der Waals surface area contributed by atoms with Gasteiger partial charge in [-0.3, -0.25) is 0 Å². The average Bonchev–Trinajstić information content (AvgIpc) is 2.84. The molecule has 1 spiro atoms. The molecule has 3 rings (SSSR count). The Morgan fingerprint density at radius 1 is 1.35 bits per heavy atom. The van der Waals surface area contributed by atoms with Gasteiger partial charge in [0.05, 0.1) is 11.6 Å². The third-order valence-electron chi connectivity index (χ3n) is 4.71. The van der Waals surface area contributed by atoms with Crippen LogP contribution in [0.25, 0.3) is 0 Å². The molecule has 1 fully saturated rings. The van der Waals surface area contributed by atoms with Crippen LogP contribution in [0.2, 0.25) is 0 Å². The molecule has 1 amide bonds. The molecule has 2 aliphatic rings. The highest BCUT2D eigenvalue weighted by Crippen LogP contribution is 2.44. The fourth-order valence-corrected chi connectivity index (χ4v) is 3.47. The predicted octanol–water partition coefficient (Wildman–Crippen LogP) is 3.25. The number of carbonyl (C=O) groups excluding carboxylic acids is 1. The van der Waals surface area contributed by atoms with Crippen LogP contribution >= 0.6 is 0 Å². The van der Waals surface area contributed by atoms with Crippen molar-refractivity contribution >= 4 is 11.8 Å². The third kappa shape index (κ3) is 2.98. The Balaban J connectivity index is 1.71. The topological polar surface area (TPSA) is 65.4 Å². The lowest BCUT2D eigenvalue weighted by Crippen LogP contribution is -2.47. The van der Waals surface area contributed by atoms with Crippen LogP contribution in [0, 0.1) is 11.3 Å². The molecule has 2 aliphatic heterocycles. The van der Waals surface area contributed by atoms with Crippen LogP contribution in [-0.2, 0) is 10.2 Å². The van der Waals surface area contributed by atoms with Gasteiger partial charge in [0.2, 0.25) is 0 Å². The van der Waals surface area contributed by atoms with Gasteiger partial charge in [-0.15, -0.1) is 0 Å². The maximum atomic E-state index is 12.2. The van der Waals surface area contributed by atoms with E-state index in [0.717, 1.165) is 25.1 Å². The number of nitrogens with zero attached hydrogens (tertiary/aromatic N) is 2. The number of nitriles is 1. The maximum absolute atomic E-state index is 12.2. The van der Waals surface area contributed by atoms with Crippen LogP contribution < -0.4 is 5.32 Å². The summed E-state index contributed by atoms with van der Waals surface area (Å²) in [5, 5.41) is 12.5. The van der Waals surface area contributed by atoms with Crippen LogP contribution in [-0.4, -0.2) is 36.2 Å².